The molecule has 2 aromatic rings. The van der Waals surface area contributed by atoms with Crippen LogP contribution >= 0.6 is 15.9 Å². The Morgan fingerprint density at radius 1 is 1.31 bits per heavy atom. The van der Waals surface area contributed by atoms with E-state index in [0.29, 0.717) is 0 Å². The van der Waals surface area contributed by atoms with Crippen LogP contribution in [0.4, 0.5) is 0 Å². The normalized spacial score (nSPS) is 10.6. The zero-order valence-corrected chi connectivity index (χ0v) is 10.7. The SMILES string of the molecule is Cc1cc(Br)ccc1CNCc1ccn[nH]1. The Labute approximate surface area is 103 Å². The number of halogens is 1. The van der Waals surface area contributed by atoms with Crippen molar-refractivity contribution in [3.05, 3.63) is 51.8 Å². The van der Waals surface area contributed by atoms with Gasteiger partial charge >= 0.3 is 0 Å². The molecule has 2 N–H and O–H groups in total. The molecule has 0 radical (unpaired) electrons. The van der Waals surface area contributed by atoms with Gasteiger partial charge in [-0.3, -0.25) is 5.10 Å². The highest BCUT2D eigenvalue weighted by Crippen LogP contribution is 2.15. The smallest absolute Gasteiger partial charge is 0.0490 e. The molecule has 0 bridgehead atoms. The minimum Gasteiger partial charge on any atom is -0.307 e. The Hall–Kier alpha value is -1.13. The number of hydrogen-bond acceptors (Lipinski definition) is 2. The molecule has 0 atom stereocenters. The molecule has 2 rings (SSSR count). The Bertz CT molecular complexity index is 451. The van der Waals surface area contributed by atoms with Crippen LogP contribution in [0.3, 0.4) is 0 Å². The van der Waals surface area contributed by atoms with Crippen LogP contribution in [-0.4, -0.2) is 10.2 Å². The zero-order valence-electron chi connectivity index (χ0n) is 9.13. The van der Waals surface area contributed by atoms with Crippen LogP contribution in [0.15, 0.2) is 34.9 Å². The van der Waals surface area contributed by atoms with Gasteiger partial charge in [-0.25, -0.2) is 0 Å². The van der Waals surface area contributed by atoms with Crippen molar-refractivity contribution >= 4 is 15.9 Å². The first-order chi connectivity index (χ1) is 7.75. The molecule has 84 valence electrons. The third kappa shape index (κ3) is 2.93. The molecule has 4 heteroatoms. The Kier molecular flexibility index (Phi) is 3.74. The topological polar surface area (TPSA) is 40.7 Å². The van der Waals surface area contributed by atoms with Gasteiger partial charge in [0, 0.05) is 29.5 Å². The van der Waals surface area contributed by atoms with Crippen LogP contribution in [0.1, 0.15) is 16.8 Å². The van der Waals surface area contributed by atoms with Crippen molar-refractivity contribution in [2.45, 2.75) is 20.0 Å². The summed E-state index contributed by atoms with van der Waals surface area (Å²) in [6.07, 6.45) is 1.77. The molecule has 16 heavy (non-hydrogen) atoms. The molecular weight excluding hydrogens is 266 g/mol. The molecule has 0 aliphatic rings. The number of rotatable bonds is 4. The van der Waals surface area contributed by atoms with E-state index >= 15 is 0 Å². The highest BCUT2D eigenvalue weighted by Gasteiger charge is 1.99. The fraction of sp³-hybridized carbons (Fsp3) is 0.250. The Morgan fingerprint density at radius 2 is 2.19 bits per heavy atom. The summed E-state index contributed by atoms with van der Waals surface area (Å²) in [6, 6.07) is 8.31. The lowest BCUT2D eigenvalue weighted by Crippen LogP contribution is -2.13. The minimum absolute atomic E-state index is 0.815. The summed E-state index contributed by atoms with van der Waals surface area (Å²) < 4.78 is 1.13. The van der Waals surface area contributed by atoms with Crippen molar-refractivity contribution in [3.8, 4) is 0 Å². The van der Waals surface area contributed by atoms with Crippen molar-refractivity contribution in [2.24, 2.45) is 0 Å². The third-order valence-electron chi connectivity index (χ3n) is 2.49. The van der Waals surface area contributed by atoms with Gasteiger partial charge in [-0.2, -0.15) is 5.10 Å². The number of aryl methyl sites for hydroxylation is 1. The first-order valence-corrected chi connectivity index (χ1v) is 5.99. The fourth-order valence-corrected chi connectivity index (χ4v) is 2.05. The van der Waals surface area contributed by atoms with Gasteiger partial charge in [-0.05, 0) is 36.2 Å². The summed E-state index contributed by atoms with van der Waals surface area (Å²) in [5.41, 5.74) is 3.73. The summed E-state index contributed by atoms with van der Waals surface area (Å²) in [4.78, 5) is 0. The molecule has 1 heterocycles. The average molecular weight is 280 g/mol. The quantitative estimate of drug-likeness (QED) is 0.904. The molecule has 1 aromatic carbocycles. The van der Waals surface area contributed by atoms with Gasteiger partial charge in [0.1, 0.15) is 0 Å². The Morgan fingerprint density at radius 3 is 2.88 bits per heavy atom. The summed E-state index contributed by atoms with van der Waals surface area (Å²) in [7, 11) is 0. The van der Waals surface area contributed by atoms with Gasteiger partial charge in [0.2, 0.25) is 0 Å². The van der Waals surface area contributed by atoms with E-state index in [9.17, 15) is 0 Å². The van der Waals surface area contributed by atoms with Gasteiger partial charge in [-0.15, -0.1) is 0 Å². The first-order valence-electron chi connectivity index (χ1n) is 5.20. The van der Waals surface area contributed by atoms with Crippen LogP contribution in [0, 0.1) is 6.92 Å². The predicted molar refractivity (Wildman–Crippen MR) is 68.0 cm³/mol. The molecule has 0 saturated heterocycles. The summed E-state index contributed by atoms with van der Waals surface area (Å²) in [5, 5.41) is 10.2. The molecule has 0 saturated carbocycles. The molecule has 0 amide bonds. The maximum atomic E-state index is 3.91. The maximum absolute atomic E-state index is 3.91. The van der Waals surface area contributed by atoms with E-state index in [0.717, 1.165) is 23.3 Å². The summed E-state index contributed by atoms with van der Waals surface area (Å²) >= 11 is 3.46. The predicted octanol–water partition coefficient (Wildman–Crippen LogP) is 2.77. The van der Waals surface area contributed by atoms with E-state index in [4.69, 9.17) is 0 Å². The average Bonchev–Trinajstić information content (AvgIpc) is 2.74. The van der Waals surface area contributed by atoms with E-state index < -0.39 is 0 Å². The summed E-state index contributed by atoms with van der Waals surface area (Å²) in [5.74, 6) is 0. The van der Waals surface area contributed by atoms with Crippen molar-refractivity contribution in [1.82, 2.24) is 15.5 Å². The third-order valence-corrected chi connectivity index (χ3v) is 2.99. The Balaban J connectivity index is 1.90. The van der Waals surface area contributed by atoms with E-state index in [1.165, 1.54) is 11.1 Å². The lowest BCUT2D eigenvalue weighted by atomic mass is 10.1. The molecule has 0 aliphatic heterocycles. The number of hydrogen-bond donors (Lipinski definition) is 2. The van der Waals surface area contributed by atoms with Crippen molar-refractivity contribution in [2.75, 3.05) is 0 Å². The van der Waals surface area contributed by atoms with Crippen LogP contribution < -0.4 is 5.32 Å². The monoisotopic (exact) mass is 279 g/mol. The van der Waals surface area contributed by atoms with E-state index in [1.807, 2.05) is 6.07 Å². The minimum atomic E-state index is 0.815. The fourth-order valence-electron chi connectivity index (χ4n) is 1.57. The second-order valence-electron chi connectivity index (χ2n) is 3.76. The number of nitrogens with one attached hydrogen (secondary N) is 2. The van der Waals surface area contributed by atoms with Crippen LogP contribution in [0.5, 0.6) is 0 Å². The first kappa shape index (κ1) is 11.4. The molecule has 0 spiro atoms. The lowest BCUT2D eigenvalue weighted by Gasteiger charge is -2.07. The number of aromatic amines is 1. The number of aromatic nitrogens is 2. The largest absolute Gasteiger partial charge is 0.307 e. The van der Waals surface area contributed by atoms with Crippen molar-refractivity contribution < 1.29 is 0 Å². The number of nitrogens with zero attached hydrogens (tertiary/aromatic N) is 1. The molecule has 3 nitrogen and oxygen atoms in total. The van der Waals surface area contributed by atoms with E-state index in [-0.39, 0.29) is 0 Å². The van der Waals surface area contributed by atoms with Crippen molar-refractivity contribution in [3.63, 3.8) is 0 Å². The van der Waals surface area contributed by atoms with Crippen LogP contribution in [0.2, 0.25) is 0 Å². The van der Waals surface area contributed by atoms with Crippen molar-refractivity contribution in [1.29, 1.82) is 0 Å². The van der Waals surface area contributed by atoms with Gasteiger partial charge in [-0.1, -0.05) is 22.0 Å². The van der Waals surface area contributed by atoms with E-state index in [1.54, 1.807) is 6.20 Å². The molecule has 0 unspecified atom stereocenters. The van der Waals surface area contributed by atoms with Gasteiger partial charge in [0.05, 0.1) is 0 Å². The second-order valence-corrected chi connectivity index (χ2v) is 4.67. The van der Waals surface area contributed by atoms with Gasteiger partial charge in [0.25, 0.3) is 0 Å². The highest BCUT2D eigenvalue weighted by atomic mass is 79.9. The number of benzene rings is 1. The zero-order chi connectivity index (χ0) is 11.4. The molecule has 0 aliphatic carbocycles. The van der Waals surface area contributed by atoms with Gasteiger partial charge < -0.3 is 5.32 Å². The second kappa shape index (κ2) is 5.27. The van der Waals surface area contributed by atoms with Gasteiger partial charge in [0.15, 0.2) is 0 Å². The molecule has 0 fully saturated rings. The standard InChI is InChI=1S/C12H14BrN3/c1-9-6-11(13)3-2-10(9)7-14-8-12-4-5-15-16-12/h2-6,14H,7-8H2,1H3,(H,15,16). The highest BCUT2D eigenvalue weighted by molar-refractivity contribution is 9.10. The lowest BCUT2D eigenvalue weighted by molar-refractivity contribution is 0.675. The molecule has 1 aromatic heterocycles. The number of H-pyrrole nitrogens is 1. The van der Waals surface area contributed by atoms with Crippen LogP contribution in [0.25, 0.3) is 0 Å². The maximum Gasteiger partial charge on any atom is 0.0490 e. The van der Waals surface area contributed by atoms with E-state index in [2.05, 4.69) is 56.6 Å². The van der Waals surface area contributed by atoms with Crippen LogP contribution in [-0.2, 0) is 13.1 Å². The summed E-state index contributed by atoms with van der Waals surface area (Å²) in [6.45, 7) is 3.81. The molecular formula is C12H14BrN3.